The molecule has 3 aromatic rings. The molecule has 3 rings (SSSR count). The van der Waals surface area contributed by atoms with E-state index in [-0.39, 0.29) is 18.0 Å². The summed E-state index contributed by atoms with van der Waals surface area (Å²) in [5.41, 5.74) is 0.376. The van der Waals surface area contributed by atoms with Gasteiger partial charge in [0.1, 0.15) is 22.7 Å². The first-order valence-electron chi connectivity index (χ1n) is 10.0. The molecule has 0 saturated carbocycles. The van der Waals surface area contributed by atoms with Crippen molar-refractivity contribution in [3.05, 3.63) is 33.7 Å². The Morgan fingerprint density at radius 1 is 1.14 bits per heavy atom. The summed E-state index contributed by atoms with van der Waals surface area (Å²) in [4.78, 5) is 30.9. The van der Waals surface area contributed by atoms with Gasteiger partial charge in [-0.15, -0.1) is 11.3 Å². The largest absolute Gasteiger partial charge is 0.340 e. The Morgan fingerprint density at radius 2 is 1.89 bits per heavy atom. The lowest BCUT2D eigenvalue weighted by molar-refractivity contribution is -0.132. The minimum atomic E-state index is -0.214. The number of thiophene rings is 1. The van der Waals surface area contributed by atoms with Gasteiger partial charge in [0.15, 0.2) is 0 Å². The summed E-state index contributed by atoms with van der Waals surface area (Å²) in [5, 5.41) is 7.57. The standard InChI is InChI=1S/C20H29N5O2S/c1-5-17-21-24(14-18(26)23(8-4)11-10-22(6-2)7-3)19(27)16-13-15-9-12-28-20(15)25(16)17/h9,12-13H,5-8,10-11,14H2,1-4H3. The highest BCUT2D eigenvalue weighted by Crippen LogP contribution is 2.24. The van der Waals surface area contributed by atoms with Crippen LogP contribution in [0.2, 0.25) is 0 Å². The number of amides is 1. The number of carbonyl (C=O) groups is 1. The number of aromatic nitrogens is 3. The predicted molar refractivity (Wildman–Crippen MR) is 114 cm³/mol. The molecule has 0 aliphatic rings. The third-order valence-electron chi connectivity index (χ3n) is 5.27. The summed E-state index contributed by atoms with van der Waals surface area (Å²) in [6.07, 6.45) is 0.687. The second-order valence-corrected chi connectivity index (χ2v) is 7.67. The van der Waals surface area contributed by atoms with E-state index in [1.807, 2.05) is 35.8 Å². The molecule has 0 aliphatic heterocycles. The smallest absolute Gasteiger partial charge is 0.291 e. The van der Waals surface area contributed by atoms with Gasteiger partial charge in [-0.3, -0.25) is 14.0 Å². The number of fused-ring (bicyclic) bond motifs is 3. The Labute approximate surface area is 169 Å². The first-order valence-corrected chi connectivity index (χ1v) is 10.9. The molecule has 1 amide bonds. The molecule has 8 heteroatoms. The molecule has 152 valence electrons. The van der Waals surface area contributed by atoms with Crippen molar-refractivity contribution in [2.24, 2.45) is 0 Å². The van der Waals surface area contributed by atoms with Crippen LogP contribution in [0.5, 0.6) is 0 Å². The van der Waals surface area contributed by atoms with Gasteiger partial charge in [-0.05, 0) is 37.5 Å². The highest BCUT2D eigenvalue weighted by molar-refractivity contribution is 7.16. The maximum atomic E-state index is 13.0. The summed E-state index contributed by atoms with van der Waals surface area (Å²) in [5.74, 6) is 0.732. The van der Waals surface area contributed by atoms with Crippen LogP contribution in [-0.4, -0.2) is 62.6 Å². The van der Waals surface area contributed by atoms with Crippen molar-refractivity contribution < 1.29 is 4.79 Å². The van der Waals surface area contributed by atoms with Gasteiger partial charge in [-0.1, -0.05) is 20.8 Å². The van der Waals surface area contributed by atoms with Gasteiger partial charge in [0, 0.05) is 31.4 Å². The number of hydrogen-bond acceptors (Lipinski definition) is 5. The SMILES string of the molecule is CCc1nn(CC(=O)N(CC)CCN(CC)CC)c(=O)c2cc3ccsc3n12. The molecule has 0 unspecified atom stereocenters. The van der Waals surface area contributed by atoms with Crippen molar-refractivity contribution in [1.29, 1.82) is 0 Å². The lowest BCUT2D eigenvalue weighted by Crippen LogP contribution is -2.42. The molecule has 0 atom stereocenters. The van der Waals surface area contributed by atoms with Gasteiger partial charge in [0.25, 0.3) is 5.56 Å². The fourth-order valence-electron chi connectivity index (χ4n) is 3.52. The normalized spacial score (nSPS) is 11.8. The fourth-order valence-corrected chi connectivity index (χ4v) is 4.44. The monoisotopic (exact) mass is 403 g/mol. The number of likely N-dealkylation sites (N-methyl/N-ethyl adjacent to an activating group) is 2. The van der Waals surface area contributed by atoms with E-state index in [2.05, 4.69) is 23.8 Å². The van der Waals surface area contributed by atoms with Gasteiger partial charge in [0.05, 0.1) is 0 Å². The zero-order chi connectivity index (χ0) is 20.3. The lowest BCUT2D eigenvalue weighted by atomic mass is 10.4. The van der Waals surface area contributed by atoms with Crippen LogP contribution in [-0.2, 0) is 17.8 Å². The third kappa shape index (κ3) is 3.84. The molecule has 0 radical (unpaired) electrons. The van der Waals surface area contributed by atoms with E-state index in [9.17, 15) is 9.59 Å². The minimum absolute atomic E-state index is 0.0206. The number of nitrogens with zero attached hydrogens (tertiary/aromatic N) is 5. The molecule has 3 heterocycles. The average Bonchev–Trinajstić information content (AvgIpc) is 3.29. The summed E-state index contributed by atoms with van der Waals surface area (Å²) in [6.45, 7) is 12.3. The quantitative estimate of drug-likeness (QED) is 0.551. The number of rotatable bonds is 9. The van der Waals surface area contributed by atoms with E-state index in [0.717, 1.165) is 35.7 Å². The molecule has 3 aromatic heterocycles. The molecule has 0 saturated heterocycles. The molecule has 28 heavy (non-hydrogen) atoms. The van der Waals surface area contributed by atoms with Crippen LogP contribution in [0.3, 0.4) is 0 Å². The van der Waals surface area contributed by atoms with Crippen molar-refractivity contribution in [2.75, 3.05) is 32.7 Å². The Bertz CT molecular complexity index is 1010. The summed E-state index contributed by atoms with van der Waals surface area (Å²) < 4.78 is 3.27. The zero-order valence-corrected chi connectivity index (χ0v) is 18.0. The highest BCUT2D eigenvalue weighted by atomic mass is 32.1. The maximum absolute atomic E-state index is 13.0. The zero-order valence-electron chi connectivity index (χ0n) is 17.1. The van der Waals surface area contributed by atoms with Crippen LogP contribution in [0.4, 0.5) is 0 Å². The molecule has 0 spiro atoms. The van der Waals surface area contributed by atoms with Crippen LogP contribution in [0.25, 0.3) is 15.7 Å². The Balaban J connectivity index is 1.87. The maximum Gasteiger partial charge on any atom is 0.291 e. The third-order valence-corrected chi connectivity index (χ3v) is 6.19. The Hall–Kier alpha value is -2.19. The van der Waals surface area contributed by atoms with Crippen molar-refractivity contribution in [3.63, 3.8) is 0 Å². The molecule has 0 N–H and O–H groups in total. The molecule has 0 fully saturated rings. The van der Waals surface area contributed by atoms with Crippen molar-refractivity contribution >= 4 is 33.0 Å². The molecule has 0 bridgehead atoms. The van der Waals surface area contributed by atoms with Gasteiger partial charge in [0.2, 0.25) is 5.91 Å². The minimum Gasteiger partial charge on any atom is -0.340 e. The van der Waals surface area contributed by atoms with E-state index in [1.165, 1.54) is 4.68 Å². The number of aryl methyl sites for hydroxylation is 1. The Kier molecular flexibility index (Phi) is 6.51. The Morgan fingerprint density at radius 3 is 2.54 bits per heavy atom. The van der Waals surface area contributed by atoms with Gasteiger partial charge < -0.3 is 9.80 Å². The van der Waals surface area contributed by atoms with Crippen LogP contribution in [0.15, 0.2) is 22.3 Å². The first kappa shape index (κ1) is 20.5. The van der Waals surface area contributed by atoms with Crippen molar-refractivity contribution in [3.8, 4) is 0 Å². The second-order valence-electron chi connectivity index (χ2n) is 6.78. The topological polar surface area (TPSA) is 62.9 Å². The van der Waals surface area contributed by atoms with Crippen LogP contribution < -0.4 is 5.56 Å². The van der Waals surface area contributed by atoms with Gasteiger partial charge >= 0.3 is 0 Å². The van der Waals surface area contributed by atoms with E-state index in [4.69, 9.17) is 0 Å². The van der Waals surface area contributed by atoms with E-state index in [0.29, 0.717) is 25.0 Å². The van der Waals surface area contributed by atoms with Crippen molar-refractivity contribution in [1.82, 2.24) is 24.0 Å². The summed E-state index contributed by atoms with van der Waals surface area (Å²) in [7, 11) is 0. The molecule has 7 nitrogen and oxygen atoms in total. The molecule has 0 aliphatic carbocycles. The number of hydrogen-bond donors (Lipinski definition) is 0. The average molecular weight is 404 g/mol. The summed E-state index contributed by atoms with van der Waals surface area (Å²) >= 11 is 1.60. The van der Waals surface area contributed by atoms with Crippen LogP contribution in [0, 0.1) is 0 Å². The number of carbonyl (C=O) groups excluding carboxylic acids is 1. The molecule has 0 aromatic carbocycles. The van der Waals surface area contributed by atoms with Crippen LogP contribution in [0.1, 0.15) is 33.5 Å². The van der Waals surface area contributed by atoms with Gasteiger partial charge in [-0.25, -0.2) is 4.68 Å². The lowest BCUT2D eigenvalue weighted by Gasteiger charge is -2.25. The highest BCUT2D eigenvalue weighted by Gasteiger charge is 2.18. The first-order chi connectivity index (χ1) is 13.5. The van der Waals surface area contributed by atoms with Crippen molar-refractivity contribution in [2.45, 2.75) is 40.7 Å². The molecular weight excluding hydrogens is 374 g/mol. The fraction of sp³-hybridized carbons (Fsp3) is 0.550. The predicted octanol–water partition coefficient (Wildman–Crippen LogP) is 2.46. The van der Waals surface area contributed by atoms with Crippen LogP contribution >= 0.6 is 11.3 Å². The second kappa shape index (κ2) is 8.87. The van der Waals surface area contributed by atoms with E-state index >= 15 is 0 Å². The van der Waals surface area contributed by atoms with E-state index in [1.54, 1.807) is 16.2 Å². The van der Waals surface area contributed by atoms with E-state index < -0.39 is 0 Å². The molecular formula is C20H29N5O2S. The van der Waals surface area contributed by atoms with Gasteiger partial charge in [-0.2, -0.15) is 5.10 Å². The summed E-state index contributed by atoms with van der Waals surface area (Å²) in [6, 6.07) is 3.90.